The van der Waals surface area contributed by atoms with E-state index in [0.717, 1.165) is 0 Å². The van der Waals surface area contributed by atoms with Crippen LogP contribution < -0.4 is 0 Å². The zero-order valence-corrected chi connectivity index (χ0v) is 12.7. The van der Waals surface area contributed by atoms with E-state index in [9.17, 15) is 21.6 Å². The molecule has 2 bridgehead atoms. The number of piperidine rings is 1. The van der Waals surface area contributed by atoms with Gasteiger partial charge in [-0.3, -0.25) is 4.68 Å². The number of fused-ring (bicyclic) bond motifs is 2. The molecule has 0 N–H and O–H groups in total. The van der Waals surface area contributed by atoms with Gasteiger partial charge in [0.2, 0.25) is 10.0 Å². The number of rotatable bonds is 4. The van der Waals surface area contributed by atoms with Crippen LogP contribution in [0.3, 0.4) is 0 Å². The van der Waals surface area contributed by atoms with Crippen LogP contribution in [0.4, 0.5) is 13.2 Å². The largest absolute Gasteiger partial charge is 0.390 e. The highest BCUT2D eigenvalue weighted by molar-refractivity contribution is 7.89. The zero-order valence-electron chi connectivity index (χ0n) is 11.9. The molecule has 2 fully saturated rings. The van der Waals surface area contributed by atoms with Gasteiger partial charge in [-0.25, -0.2) is 8.42 Å². The molecule has 0 aromatic carbocycles. The predicted octanol–water partition coefficient (Wildman–Crippen LogP) is 2.33. The van der Waals surface area contributed by atoms with E-state index in [1.54, 1.807) is 6.20 Å². The standard InChI is InChI=1S/C13H18F3N3O2S/c14-13(15,16)4-7-22(20,21)19-10-2-3-11(19)9-12(8-10)18-6-1-5-17-18/h1,5-6,10-12H,2-4,7-9H2. The molecule has 9 heteroatoms. The Balaban J connectivity index is 1.72. The van der Waals surface area contributed by atoms with Crippen LogP contribution in [0.25, 0.3) is 0 Å². The minimum absolute atomic E-state index is 0.126. The topological polar surface area (TPSA) is 55.2 Å². The average Bonchev–Trinajstić information content (AvgIpc) is 3.03. The highest BCUT2D eigenvalue weighted by Crippen LogP contribution is 2.42. The summed E-state index contributed by atoms with van der Waals surface area (Å²) in [6.45, 7) is 0. The van der Waals surface area contributed by atoms with Crippen LogP contribution in [0.2, 0.25) is 0 Å². The summed E-state index contributed by atoms with van der Waals surface area (Å²) in [4.78, 5) is 0. The summed E-state index contributed by atoms with van der Waals surface area (Å²) in [5.74, 6) is -0.851. The first-order valence-electron chi connectivity index (χ1n) is 7.33. The molecule has 0 aliphatic carbocycles. The molecule has 0 spiro atoms. The van der Waals surface area contributed by atoms with Crippen molar-refractivity contribution < 1.29 is 21.6 Å². The second-order valence-electron chi connectivity index (χ2n) is 6.01. The summed E-state index contributed by atoms with van der Waals surface area (Å²) in [5, 5.41) is 4.19. The summed E-state index contributed by atoms with van der Waals surface area (Å²) < 4.78 is 64.7. The molecule has 2 atom stereocenters. The van der Waals surface area contributed by atoms with Crippen LogP contribution in [-0.2, 0) is 10.0 Å². The fourth-order valence-electron chi connectivity index (χ4n) is 3.62. The van der Waals surface area contributed by atoms with E-state index in [4.69, 9.17) is 0 Å². The number of aromatic nitrogens is 2. The van der Waals surface area contributed by atoms with Gasteiger partial charge >= 0.3 is 6.18 Å². The van der Waals surface area contributed by atoms with Crippen LogP contribution in [0.1, 0.15) is 38.1 Å². The number of hydrogen-bond acceptors (Lipinski definition) is 3. The Kier molecular flexibility index (Phi) is 3.96. The molecule has 0 saturated carbocycles. The van der Waals surface area contributed by atoms with Crippen LogP contribution in [0.5, 0.6) is 0 Å². The van der Waals surface area contributed by atoms with Crippen molar-refractivity contribution in [2.45, 2.75) is 56.4 Å². The number of halogens is 3. The molecule has 1 aromatic heterocycles. The monoisotopic (exact) mass is 337 g/mol. The van der Waals surface area contributed by atoms with Crippen LogP contribution in [0.15, 0.2) is 18.5 Å². The minimum Gasteiger partial charge on any atom is -0.270 e. The van der Waals surface area contributed by atoms with Gasteiger partial charge in [-0.15, -0.1) is 0 Å². The van der Waals surface area contributed by atoms with Crippen molar-refractivity contribution in [2.75, 3.05) is 5.75 Å². The molecule has 3 heterocycles. The zero-order chi connectivity index (χ0) is 16.0. The van der Waals surface area contributed by atoms with Crippen molar-refractivity contribution in [3.05, 3.63) is 18.5 Å². The van der Waals surface area contributed by atoms with Crippen molar-refractivity contribution in [2.24, 2.45) is 0 Å². The predicted molar refractivity (Wildman–Crippen MR) is 73.6 cm³/mol. The highest BCUT2D eigenvalue weighted by Gasteiger charge is 2.47. The molecule has 0 radical (unpaired) electrons. The van der Waals surface area contributed by atoms with Crippen LogP contribution in [-0.4, -0.2) is 46.5 Å². The van der Waals surface area contributed by atoms with Gasteiger partial charge in [0.05, 0.1) is 18.2 Å². The van der Waals surface area contributed by atoms with Gasteiger partial charge < -0.3 is 0 Å². The summed E-state index contributed by atoms with van der Waals surface area (Å²) in [5.41, 5.74) is 0. The molecule has 124 valence electrons. The second kappa shape index (κ2) is 5.52. The molecular weight excluding hydrogens is 319 g/mol. The normalized spacial score (nSPS) is 29.9. The van der Waals surface area contributed by atoms with Gasteiger partial charge in [0.1, 0.15) is 0 Å². The van der Waals surface area contributed by atoms with Crippen LogP contribution >= 0.6 is 0 Å². The molecule has 2 aliphatic heterocycles. The third-order valence-electron chi connectivity index (χ3n) is 4.50. The Hall–Kier alpha value is -1.09. The molecule has 2 aliphatic rings. The van der Waals surface area contributed by atoms with Gasteiger partial charge in [0, 0.05) is 24.5 Å². The molecule has 3 rings (SSSR count). The lowest BCUT2D eigenvalue weighted by Crippen LogP contribution is -2.48. The molecule has 2 saturated heterocycles. The summed E-state index contributed by atoms with van der Waals surface area (Å²) in [6, 6.07) is 1.54. The maximum atomic E-state index is 12.3. The Morgan fingerprint density at radius 2 is 1.77 bits per heavy atom. The number of alkyl halides is 3. The lowest BCUT2D eigenvalue weighted by atomic mass is 10.00. The van der Waals surface area contributed by atoms with Crippen molar-refractivity contribution in [1.82, 2.24) is 14.1 Å². The van der Waals surface area contributed by atoms with Gasteiger partial charge in [0.25, 0.3) is 0 Å². The first-order chi connectivity index (χ1) is 10.3. The van der Waals surface area contributed by atoms with E-state index in [1.807, 2.05) is 16.9 Å². The van der Waals surface area contributed by atoms with E-state index < -0.39 is 28.4 Å². The van der Waals surface area contributed by atoms with E-state index in [0.29, 0.717) is 25.7 Å². The van der Waals surface area contributed by atoms with Crippen molar-refractivity contribution in [3.63, 3.8) is 0 Å². The quantitative estimate of drug-likeness (QED) is 0.847. The molecule has 2 unspecified atom stereocenters. The van der Waals surface area contributed by atoms with E-state index in [-0.39, 0.29) is 18.1 Å². The summed E-state index contributed by atoms with van der Waals surface area (Å²) in [7, 11) is -3.86. The number of hydrogen-bond donors (Lipinski definition) is 0. The number of sulfonamides is 1. The highest BCUT2D eigenvalue weighted by atomic mass is 32.2. The molecule has 0 amide bonds. The third-order valence-corrected chi connectivity index (χ3v) is 6.46. The Morgan fingerprint density at radius 3 is 2.27 bits per heavy atom. The summed E-state index contributed by atoms with van der Waals surface area (Å²) >= 11 is 0. The Morgan fingerprint density at radius 1 is 1.14 bits per heavy atom. The SMILES string of the molecule is O=S(=O)(CCC(F)(F)F)N1C2CCC1CC(n1cccn1)C2. The third kappa shape index (κ3) is 3.15. The lowest BCUT2D eigenvalue weighted by Gasteiger charge is -2.38. The van der Waals surface area contributed by atoms with Gasteiger partial charge in [-0.05, 0) is 31.7 Å². The molecule has 1 aromatic rings. The maximum Gasteiger partial charge on any atom is 0.390 e. The second-order valence-corrected chi connectivity index (χ2v) is 8.00. The fourth-order valence-corrected chi connectivity index (χ4v) is 5.61. The Bertz CT molecular complexity index is 601. The Labute approximate surface area is 127 Å². The van der Waals surface area contributed by atoms with Crippen molar-refractivity contribution >= 4 is 10.0 Å². The molecular formula is C13H18F3N3O2S. The van der Waals surface area contributed by atoms with E-state index in [1.165, 1.54) is 4.31 Å². The van der Waals surface area contributed by atoms with Crippen LogP contribution in [0, 0.1) is 0 Å². The van der Waals surface area contributed by atoms with Crippen molar-refractivity contribution in [1.29, 1.82) is 0 Å². The van der Waals surface area contributed by atoms with E-state index in [2.05, 4.69) is 5.10 Å². The molecule has 22 heavy (non-hydrogen) atoms. The van der Waals surface area contributed by atoms with E-state index >= 15 is 0 Å². The van der Waals surface area contributed by atoms with Gasteiger partial charge in [-0.2, -0.15) is 22.6 Å². The number of nitrogens with zero attached hydrogens (tertiary/aromatic N) is 3. The first-order valence-corrected chi connectivity index (χ1v) is 8.94. The van der Waals surface area contributed by atoms with Gasteiger partial charge in [0.15, 0.2) is 0 Å². The van der Waals surface area contributed by atoms with Gasteiger partial charge in [-0.1, -0.05) is 0 Å². The fraction of sp³-hybridized carbons (Fsp3) is 0.769. The first kappa shape index (κ1) is 15.8. The summed E-state index contributed by atoms with van der Waals surface area (Å²) in [6.07, 6.45) is 0.452. The average molecular weight is 337 g/mol. The van der Waals surface area contributed by atoms with Crippen molar-refractivity contribution in [3.8, 4) is 0 Å². The molecule has 5 nitrogen and oxygen atoms in total. The smallest absolute Gasteiger partial charge is 0.270 e. The lowest BCUT2D eigenvalue weighted by molar-refractivity contribution is -0.130. The maximum absolute atomic E-state index is 12.3. The minimum atomic E-state index is -4.44.